The molecule has 0 amide bonds. The van der Waals surface area contributed by atoms with Crippen molar-refractivity contribution in [3.05, 3.63) is 29.8 Å². The Labute approximate surface area is 130 Å². The zero-order chi connectivity index (χ0) is 15.2. The maximum atomic E-state index is 5.75. The first-order chi connectivity index (χ1) is 10.1. The zero-order valence-corrected chi connectivity index (χ0v) is 14.1. The van der Waals surface area contributed by atoms with E-state index in [-0.39, 0.29) is 0 Å². The van der Waals surface area contributed by atoms with Crippen LogP contribution in [0.2, 0.25) is 0 Å². The van der Waals surface area contributed by atoms with Crippen molar-refractivity contribution in [2.75, 3.05) is 6.61 Å². The van der Waals surface area contributed by atoms with Crippen molar-refractivity contribution >= 4 is 0 Å². The molecule has 3 unspecified atom stereocenters. The third kappa shape index (κ3) is 5.03. The van der Waals surface area contributed by atoms with Crippen molar-refractivity contribution in [2.24, 2.45) is 11.8 Å². The average Bonchev–Trinajstić information content (AvgIpc) is 2.48. The van der Waals surface area contributed by atoms with Crippen molar-refractivity contribution in [3.8, 4) is 5.75 Å². The van der Waals surface area contributed by atoms with E-state index in [1.807, 2.05) is 0 Å². The summed E-state index contributed by atoms with van der Waals surface area (Å²) in [6, 6.07) is 9.67. The van der Waals surface area contributed by atoms with Crippen LogP contribution in [0.4, 0.5) is 0 Å². The SMILES string of the molecule is CC(C)COc1ccc(C(C)NC2CCCCC2C)cc1. The van der Waals surface area contributed by atoms with Crippen LogP contribution in [0.1, 0.15) is 65.0 Å². The summed E-state index contributed by atoms with van der Waals surface area (Å²) in [5.41, 5.74) is 1.35. The number of ether oxygens (including phenoxy) is 1. The van der Waals surface area contributed by atoms with Gasteiger partial charge in [0.25, 0.3) is 0 Å². The van der Waals surface area contributed by atoms with E-state index in [4.69, 9.17) is 4.74 Å². The smallest absolute Gasteiger partial charge is 0.119 e. The Hall–Kier alpha value is -1.02. The van der Waals surface area contributed by atoms with Crippen molar-refractivity contribution in [2.45, 2.75) is 65.5 Å². The molecule has 1 fully saturated rings. The Morgan fingerprint density at radius 1 is 1.10 bits per heavy atom. The molecule has 1 aromatic carbocycles. The van der Waals surface area contributed by atoms with Crippen LogP contribution in [-0.4, -0.2) is 12.6 Å². The predicted octanol–water partition coefficient (Wildman–Crippen LogP) is 4.95. The maximum Gasteiger partial charge on any atom is 0.119 e. The van der Waals surface area contributed by atoms with Crippen molar-refractivity contribution < 1.29 is 4.74 Å². The minimum absolute atomic E-state index is 0.412. The number of rotatable bonds is 6. The van der Waals surface area contributed by atoms with Gasteiger partial charge in [0.05, 0.1) is 6.61 Å². The molecule has 0 spiro atoms. The number of nitrogens with one attached hydrogen (secondary N) is 1. The lowest BCUT2D eigenvalue weighted by Crippen LogP contribution is -2.38. The Balaban J connectivity index is 1.88. The van der Waals surface area contributed by atoms with Crippen LogP contribution in [0, 0.1) is 11.8 Å². The fourth-order valence-electron chi connectivity index (χ4n) is 3.10. The Kier molecular flexibility index (Phi) is 6.10. The van der Waals surface area contributed by atoms with E-state index in [1.165, 1.54) is 31.2 Å². The van der Waals surface area contributed by atoms with Crippen LogP contribution >= 0.6 is 0 Å². The molecule has 1 aromatic rings. The Morgan fingerprint density at radius 2 is 1.76 bits per heavy atom. The van der Waals surface area contributed by atoms with Gasteiger partial charge in [-0.1, -0.05) is 45.7 Å². The quantitative estimate of drug-likeness (QED) is 0.800. The van der Waals surface area contributed by atoms with Crippen LogP contribution in [0.3, 0.4) is 0 Å². The third-order valence-electron chi connectivity index (χ3n) is 4.54. The summed E-state index contributed by atoms with van der Waals surface area (Å²) in [6.07, 6.45) is 5.46. The van der Waals surface area contributed by atoms with Gasteiger partial charge in [0.1, 0.15) is 5.75 Å². The molecular weight excluding hydrogens is 258 g/mol. The number of hydrogen-bond donors (Lipinski definition) is 1. The van der Waals surface area contributed by atoms with Crippen LogP contribution in [0.5, 0.6) is 5.75 Å². The minimum atomic E-state index is 0.412. The first kappa shape index (κ1) is 16.4. The molecule has 0 aromatic heterocycles. The van der Waals surface area contributed by atoms with Gasteiger partial charge in [0, 0.05) is 12.1 Å². The monoisotopic (exact) mass is 289 g/mol. The first-order valence-electron chi connectivity index (χ1n) is 8.55. The van der Waals surface area contributed by atoms with Crippen molar-refractivity contribution in [1.82, 2.24) is 5.32 Å². The van der Waals surface area contributed by atoms with Gasteiger partial charge in [0.15, 0.2) is 0 Å². The molecule has 0 bridgehead atoms. The molecule has 0 saturated heterocycles. The highest BCUT2D eigenvalue weighted by molar-refractivity contribution is 5.29. The second kappa shape index (κ2) is 7.84. The topological polar surface area (TPSA) is 21.3 Å². The summed E-state index contributed by atoms with van der Waals surface area (Å²) >= 11 is 0. The molecule has 1 N–H and O–H groups in total. The van der Waals surface area contributed by atoms with E-state index in [0.29, 0.717) is 18.0 Å². The summed E-state index contributed by atoms with van der Waals surface area (Å²) < 4.78 is 5.75. The summed E-state index contributed by atoms with van der Waals surface area (Å²) in [7, 11) is 0. The fourth-order valence-corrected chi connectivity index (χ4v) is 3.10. The maximum absolute atomic E-state index is 5.75. The van der Waals surface area contributed by atoms with Gasteiger partial charge in [-0.25, -0.2) is 0 Å². The molecule has 21 heavy (non-hydrogen) atoms. The van der Waals surface area contributed by atoms with Crippen molar-refractivity contribution in [3.63, 3.8) is 0 Å². The van der Waals surface area contributed by atoms with E-state index >= 15 is 0 Å². The van der Waals surface area contributed by atoms with E-state index in [2.05, 4.69) is 57.3 Å². The highest BCUT2D eigenvalue weighted by atomic mass is 16.5. The van der Waals surface area contributed by atoms with Gasteiger partial charge in [-0.2, -0.15) is 0 Å². The second-order valence-corrected chi connectivity index (χ2v) is 7.03. The molecule has 3 atom stereocenters. The summed E-state index contributed by atoms with van der Waals surface area (Å²) in [5, 5.41) is 3.81. The molecule has 2 rings (SSSR count). The molecule has 1 saturated carbocycles. The number of hydrogen-bond acceptors (Lipinski definition) is 2. The lowest BCUT2D eigenvalue weighted by Gasteiger charge is -2.32. The van der Waals surface area contributed by atoms with Crippen LogP contribution in [-0.2, 0) is 0 Å². The molecule has 0 aliphatic heterocycles. The first-order valence-corrected chi connectivity index (χ1v) is 8.55. The van der Waals surface area contributed by atoms with Gasteiger partial charge in [-0.15, -0.1) is 0 Å². The van der Waals surface area contributed by atoms with Crippen LogP contribution < -0.4 is 10.1 Å². The Bertz CT molecular complexity index is 412. The molecule has 1 aliphatic carbocycles. The molecule has 2 heteroatoms. The fraction of sp³-hybridized carbons (Fsp3) is 0.684. The summed E-state index contributed by atoms with van der Waals surface area (Å²) in [6.45, 7) is 9.78. The van der Waals surface area contributed by atoms with Crippen LogP contribution in [0.15, 0.2) is 24.3 Å². The largest absolute Gasteiger partial charge is 0.493 e. The average molecular weight is 289 g/mol. The molecular formula is C19H31NO. The van der Waals surface area contributed by atoms with Gasteiger partial charge < -0.3 is 10.1 Å². The van der Waals surface area contributed by atoms with E-state index in [9.17, 15) is 0 Å². The molecule has 1 aliphatic rings. The molecule has 2 nitrogen and oxygen atoms in total. The van der Waals surface area contributed by atoms with Crippen LogP contribution in [0.25, 0.3) is 0 Å². The normalized spacial score (nSPS) is 24.0. The zero-order valence-electron chi connectivity index (χ0n) is 14.1. The lowest BCUT2D eigenvalue weighted by molar-refractivity contribution is 0.262. The summed E-state index contributed by atoms with van der Waals surface area (Å²) in [4.78, 5) is 0. The minimum Gasteiger partial charge on any atom is -0.493 e. The van der Waals surface area contributed by atoms with Gasteiger partial charge >= 0.3 is 0 Å². The Morgan fingerprint density at radius 3 is 2.38 bits per heavy atom. The summed E-state index contributed by atoms with van der Waals surface area (Å²) in [5.74, 6) is 2.35. The van der Waals surface area contributed by atoms with Gasteiger partial charge in [-0.05, 0) is 49.3 Å². The molecule has 0 radical (unpaired) electrons. The standard InChI is InChI=1S/C19H31NO/c1-14(2)13-21-18-11-9-17(10-12-18)16(4)20-19-8-6-5-7-15(19)3/h9-12,14-16,19-20H,5-8,13H2,1-4H3. The second-order valence-electron chi connectivity index (χ2n) is 7.03. The van der Waals surface area contributed by atoms with E-state index < -0.39 is 0 Å². The highest BCUT2D eigenvalue weighted by Gasteiger charge is 2.22. The van der Waals surface area contributed by atoms with Crippen molar-refractivity contribution in [1.29, 1.82) is 0 Å². The third-order valence-corrected chi connectivity index (χ3v) is 4.54. The molecule has 118 valence electrons. The van der Waals surface area contributed by atoms with Gasteiger partial charge in [-0.3, -0.25) is 0 Å². The molecule has 0 heterocycles. The lowest BCUT2D eigenvalue weighted by atomic mass is 9.85. The van der Waals surface area contributed by atoms with E-state index in [1.54, 1.807) is 0 Å². The highest BCUT2D eigenvalue weighted by Crippen LogP contribution is 2.26. The van der Waals surface area contributed by atoms with Gasteiger partial charge in [0.2, 0.25) is 0 Å². The number of benzene rings is 1. The van der Waals surface area contributed by atoms with E-state index in [0.717, 1.165) is 18.3 Å². The predicted molar refractivity (Wildman–Crippen MR) is 89.7 cm³/mol.